The molecule has 0 radical (unpaired) electrons. The van der Waals surface area contributed by atoms with Gasteiger partial charge >= 0.3 is 0 Å². The van der Waals surface area contributed by atoms with E-state index in [-0.39, 0.29) is 12.7 Å². The summed E-state index contributed by atoms with van der Waals surface area (Å²) in [6, 6.07) is 8.10. The van der Waals surface area contributed by atoms with Gasteiger partial charge < -0.3 is 9.84 Å². The SMILES string of the molecule is C[C@H](CO)OCc1ccc(C#C[Si](C)(C)C)cc1. The van der Waals surface area contributed by atoms with Crippen LogP contribution in [0.15, 0.2) is 24.3 Å². The standard InChI is InChI=1S/C15H22O2Si/c1-13(11-16)17-12-15-7-5-14(6-8-15)9-10-18(2,3)4/h5-8,13,16H,11-12H2,1-4H3/t13-/m1/s1. The molecule has 1 rings (SSSR count). The van der Waals surface area contributed by atoms with Crippen molar-refractivity contribution in [3.8, 4) is 11.5 Å². The second-order valence-corrected chi connectivity index (χ2v) is 10.3. The Bertz CT molecular complexity index is 421. The summed E-state index contributed by atoms with van der Waals surface area (Å²) in [6.45, 7) is 9.15. The molecular formula is C15H22O2Si. The zero-order valence-electron chi connectivity index (χ0n) is 11.7. The zero-order chi connectivity index (χ0) is 13.6. The Kier molecular flexibility index (Phi) is 5.61. The summed E-state index contributed by atoms with van der Waals surface area (Å²) in [6.07, 6.45) is -0.114. The van der Waals surface area contributed by atoms with Crippen LogP contribution in [0, 0.1) is 11.5 Å². The van der Waals surface area contributed by atoms with Crippen LogP contribution in [0.25, 0.3) is 0 Å². The second-order valence-electron chi connectivity index (χ2n) is 5.50. The largest absolute Gasteiger partial charge is 0.394 e. The van der Waals surface area contributed by atoms with Crippen molar-refractivity contribution >= 4 is 8.07 Å². The second kappa shape index (κ2) is 6.74. The number of aliphatic hydroxyl groups is 1. The van der Waals surface area contributed by atoms with Gasteiger partial charge in [-0.3, -0.25) is 0 Å². The molecule has 0 amide bonds. The first-order chi connectivity index (χ1) is 8.40. The van der Waals surface area contributed by atoms with Gasteiger partial charge in [0.15, 0.2) is 0 Å². The summed E-state index contributed by atoms with van der Waals surface area (Å²) in [4.78, 5) is 0. The fourth-order valence-electron chi connectivity index (χ4n) is 1.24. The molecule has 0 aliphatic heterocycles. The van der Waals surface area contributed by atoms with Crippen LogP contribution in [0.2, 0.25) is 19.6 Å². The molecule has 1 atom stereocenters. The molecule has 18 heavy (non-hydrogen) atoms. The number of ether oxygens (including phenoxy) is 1. The summed E-state index contributed by atoms with van der Waals surface area (Å²) in [7, 11) is -1.30. The van der Waals surface area contributed by atoms with Crippen LogP contribution < -0.4 is 0 Å². The van der Waals surface area contributed by atoms with Crippen LogP contribution in [0.3, 0.4) is 0 Å². The lowest BCUT2D eigenvalue weighted by Gasteiger charge is -2.09. The topological polar surface area (TPSA) is 29.5 Å². The van der Waals surface area contributed by atoms with E-state index in [1.54, 1.807) is 0 Å². The van der Waals surface area contributed by atoms with E-state index in [0.717, 1.165) is 11.1 Å². The molecule has 3 heteroatoms. The highest BCUT2D eigenvalue weighted by molar-refractivity contribution is 6.83. The monoisotopic (exact) mass is 262 g/mol. The molecule has 0 aliphatic rings. The third-order valence-corrected chi connectivity index (χ3v) is 3.20. The lowest BCUT2D eigenvalue weighted by molar-refractivity contribution is 0.0145. The van der Waals surface area contributed by atoms with Gasteiger partial charge in [-0.2, -0.15) is 0 Å². The van der Waals surface area contributed by atoms with Gasteiger partial charge in [-0.25, -0.2) is 0 Å². The van der Waals surface area contributed by atoms with E-state index in [4.69, 9.17) is 9.84 Å². The van der Waals surface area contributed by atoms with Crippen molar-refractivity contribution < 1.29 is 9.84 Å². The Morgan fingerprint density at radius 2 is 1.83 bits per heavy atom. The normalized spacial score (nSPS) is 12.7. The average Bonchev–Trinajstić information content (AvgIpc) is 2.33. The highest BCUT2D eigenvalue weighted by atomic mass is 28.3. The van der Waals surface area contributed by atoms with Gasteiger partial charge in [-0.05, 0) is 24.6 Å². The maximum atomic E-state index is 8.86. The highest BCUT2D eigenvalue weighted by Gasteiger charge is 2.07. The third kappa shape index (κ3) is 6.01. The van der Waals surface area contributed by atoms with Crippen LogP contribution in [-0.2, 0) is 11.3 Å². The minimum absolute atomic E-state index is 0.0553. The van der Waals surface area contributed by atoms with Gasteiger partial charge in [0.05, 0.1) is 19.3 Å². The predicted molar refractivity (Wildman–Crippen MR) is 78.0 cm³/mol. The van der Waals surface area contributed by atoms with Crippen molar-refractivity contribution in [2.24, 2.45) is 0 Å². The maximum Gasteiger partial charge on any atom is 0.129 e. The average molecular weight is 262 g/mol. The van der Waals surface area contributed by atoms with E-state index in [1.165, 1.54) is 0 Å². The number of hydrogen-bond acceptors (Lipinski definition) is 2. The Morgan fingerprint density at radius 3 is 2.33 bits per heavy atom. The molecule has 0 bridgehead atoms. The maximum absolute atomic E-state index is 8.86. The van der Waals surface area contributed by atoms with Gasteiger partial charge in [-0.1, -0.05) is 37.7 Å². The minimum Gasteiger partial charge on any atom is -0.394 e. The molecule has 0 fully saturated rings. The van der Waals surface area contributed by atoms with Gasteiger partial charge in [0.1, 0.15) is 8.07 Å². The lowest BCUT2D eigenvalue weighted by Crippen LogP contribution is -2.16. The van der Waals surface area contributed by atoms with Crippen molar-refractivity contribution in [3.63, 3.8) is 0 Å². The first kappa shape index (κ1) is 15.0. The summed E-state index contributed by atoms with van der Waals surface area (Å²) in [5, 5.41) is 8.86. The van der Waals surface area contributed by atoms with Crippen molar-refractivity contribution in [1.82, 2.24) is 0 Å². The van der Waals surface area contributed by atoms with Crippen LogP contribution in [0.4, 0.5) is 0 Å². The van der Waals surface area contributed by atoms with E-state index < -0.39 is 8.07 Å². The summed E-state index contributed by atoms with van der Waals surface area (Å²) < 4.78 is 5.45. The van der Waals surface area contributed by atoms with E-state index in [1.807, 2.05) is 31.2 Å². The van der Waals surface area contributed by atoms with Gasteiger partial charge in [0, 0.05) is 5.56 Å². The van der Waals surface area contributed by atoms with Gasteiger partial charge in [-0.15, -0.1) is 5.54 Å². The molecular weight excluding hydrogens is 240 g/mol. The van der Waals surface area contributed by atoms with Crippen LogP contribution in [0.5, 0.6) is 0 Å². The molecule has 1 aromatic rings. The molecule has 1 N–H and O–H groups in total. The molecule has 0 saturated carbocycles. The molecule has 0 aliphatic carbocycles. The summed E-state index contributed by atoms with van der Waals surface area (Å²) >= 11 is 0. The highest BCUT2D eigenvalue weighted by Crippen LogP contribution is 2.07. The van der Waals surface area contributed by atoms with E-state index in [0.29, 0.717) is 6.61 Å². The van der Waals surface area contributed by atoms with Crippen LogP contribution in [-0.4, -0.2) is 25.9 Å². The van der Waals surface area contributed by atoms with Crippen molar-refractivity contribution in [2.45, 2.75) is 39.3 Å². The smallest absolute Gasteiger partial charge is 0.129 e. The van der Waals surface area contributed by atoms with Gasteiger partial charge in [0.25, 0.3) is 0 Å². The van der Waals surface area contributed by atoms with E-state index in [2.05, 4.69) is 31.1 Å². The van der Waals surface area contributed by atoms with Crippen molar-refractivity contribution in [3.05, 3.63) is 35.4 Å². The Hall–Kier alpha value is -1.08. The number of rotatable bonds is 4. The molecule has 0 heterocycles. The quantitative estimate of drug-likeness (QED) is 0.668. The lowest BCUT2D eigenvalue weighted by atomic mass is 10.1. The molecule has 1 aromatic carbocycles. The Labute approximate surface area is 111 Å². The van der Waals surface area contributed by atoms with Crippen molar-refractivity contribution in [1.29, 1.82) is 0 Å². The summed E-state index contributed by atoms with van der Waals surface area (Å²) in [5.41, 5.74) is 5.50. The number of hydrogen-bond donors (Lipinski definition) is 1. The first-order valence-electron chi connectivity index (χ1n) is 6.25. The predicted octanol–water partition coefficient (Wildman–Crippen LogP) is 2.81. The number of benzene rings is 1. The Balaban J connectivity index is 2.60. The molecule has 98 valence electrons. The number of aliphatic hydroxyl groups excluding tert-OH is 1. The molecule has 0 spiro atoms. The molecule has 2 nitrogen and oxygen atoms in total. The van der Waals surface area contributed by atoms with E-state index >= 15 is 0 Å². The molecule has 0 unspecified atom stereocenters. The fraction of sp³-hybridized carbons (Fsp3) is 0.467. The minimum atomic E-state index is -1.30. The first-order valence-corrected chi connectivity index (χ1v) is 9.75. The third-order valence-electron chi connectivity index (χ3n) is 2.33. The zero-order valence-corrected chi connectivity index (χ0v) is 12.7. The molecule has 0 saturated heterocycles. The van der Waals surface area contributed by atoms with Gasteiger partial charge in [0.2, 0.25) is 0 Å². The Morgan fingerprint density at radius 1 is 1.22 bits per heavy atom. The van der Waals surface area contributed by atoms with Crippen LogP contribution >= 0.6 is 0 Å². The molecule has 0 aromatic heterocycles. The van der Waals surface area contributed by atoms with Crippen molar-refractivity contribution in [2.75, 3.05) is 6.61 Å². The fourth-order valence-corrected chi connectivity index (χ4v) is 1.75. The van der Waals surface area contributed by atoms with E-state index in [9.17, 15) is 0 Å². The van der Waals surface area contributed by atoms with Crippen LogP contribution in [0.1, 0.15) is 18.1 Å². The summed E-state index contributed by atoms with van der Waals surface area (Å²) in [5.74, 6) is 3.22.